The lowest BCUT2D eigenvalue weighted by Gasteiger charge is -2.22. The number of carbonyl (C=O) groups excluding carboxylic acids is 2. The number of esters is 1. The van der Waals surface area contributed by atoms with E-state index in [-0.39, 0.29) is 17.3 Å². The summed E-state index contributed by atoms with van der Waals surface area (Å²) in [6, 6.07) is 10.1. The van der Waals surface area contributed by atoms with E-state index in [9.17, 15) is 18.0 Å². The molecule has 1 aromatic heterocycles. The summed E-state index contributed by atoms with van der Waals surface area (Å²) in [6.07, 6.45) is 3.60. The summed E-state index contributed by atoms with van der Waals surface area (Å²) in [5, 5.41) is 4.43. The van der Waals surface area contributed by atoms with Gasteiger partial charge in [0.1, 0.15) is 4.21 Å². The molecule has 0 aliphatic heterocycles. The number of thiophene rings is 1. The van der Waals surface area contributed by atoms with Crippen molar-refractivity contribution in [2.45, 2.75) is 31.4 Å². The fourth-order valence-electron chi connectivity index (χ4n) is 2.62. The van der Waals surface area contributed by atoms with Crippen LogP contribution in [-0.2, 0) is 24.3 Å². The number of hydrogen-bond acceptors (Lipinski definition) is 6. The van der Waals surface area contributed by atoms with Crippen molar-refractivity contribution < 1.29 is 22.7 Å². The van der Waals surface area contributed by atoms with Gasteiger partial charge in [0, 0.05) is 18.3 Å². The third kappa shape index (κ3) is 7.93. The van der Waals surface area contributed by atoms with E-state index in [4.69, 9.17) is 4.74 Å². The van der Waals surface area contributed by atoms with E-state index < -0.39 is 21.9 Å². The van der Waals surface area contributed by atoms with Crippen molar-refractivity contribution in [3.8, 4) is 0 Å². The third-order valence-electron chi connectivity index (χ3n) is 4.26. The molecule has 9 heteroatoms. The van der Waals surface area contributed by atoms with Crippen LogP contribution < -0.4 is 5.32 Å². The molecule has 0 aliphatic rings. The minimum Gasteiger partial charge on any atom is -0.463 e. The first-order valence-corrected chi connectivity index (χ1v) is 12.3. The van der Waals surface area contributed by atoms with Crippen molar-refractivity contribution in [1.29, 1.82) is 0 Å². The molecule has 0 radical (unpaired) electrons. The number of nitrogens with one attached hydrogen (secondary N) is 1. The smallest absolute Gasteiger partial charge is 0.330 e. The number of carbonyl (C=O) groups is 2. The summed E-state index contributed by atoms with van der Waals surface area (Å²) in [7, 11) is -3.73. The Morgan fingerprint density at radius 2 is 1.90 bits per heavy atom. The Morgan fingerprint density at radius 1 is 1.19 bits per heavy atom. The van der Waals surface area contributed by atoms with Gasteiger partial charge in [0.15, 0.2) is 0 Å². The van der Waals surface area contributed by atoms with Crippen LogP contribution in [0.4, 0.5) is 5.69 Å². The summed E-state index contributed by atoms with van der Waals surface area (Å²) in [6.45, 7) is 6.06. The van der Waals surface area contributed by atoms with E-state index in [1.165, 1.54) is 10.4 Å². The van der Waals surface area contributed by atoms with Crippen LogP contribution >= 0.6 is 11.3 Å². The molecule has 1 amide bonds. The molecular formula is C22H28N2O5S2. The van der Waals surface area contributed by atoms with Crippen LogP contribution in [0.15, 0.2) is 52.1 Å². The average Bonchev–Trinajstić information content (AvgIpc) is 3.26. The minimum atomic E-state index is -3.73. The van der Waals surface area contributed by atoms with Gasteiger partial charge in [-0.2, -0.15) is 4.31 Å². The van der Waals surface area contributed by atoms with E-state index in [2.05, 4.69) is 5.32 Å². The van der Waals surface area contributed by atoms with Crippen LogP contribution in [0.3, 0.4) is 0 Å². The minimum absolute atomic E-state index is 0.224. The van der Waals surface area contributed by atoms with Gasteiger partial charge < -0.3 is 10.1 Å². The fourth-order valence-corrected chi connectivity index (χ4v) is 5.17. The molecule has 31 heavy (non-hydrogen) atoms. The highest BCUT2D eigenvalue weighted by atomic mass is 32.2. The number of amides is 1. The van der Waals surface area contributed by atoms with Crippen molar-refractivity contribution in [2.75, 3.05) is 25.0 Å². The largest absolute Gasteiger partial charge is 0.463 e. The van der Waals surface area contributed by atoms with Crippen molar-refractivity contribution in [2.24, 2.45) is 5.92 Å². The van der Waals surface area contributed by atoms with Gasteiger partial charge in [0.25, 0.3) is 10.0 Å². The zero-order chi connectivity index (χ0) is 22.9. The molecule has 0 atom stereocenters. The lowest BCUT2D eigenvalue weighted by molar-refractivity contribution is -0.137. The molecule has 2 aromatic rings. The van der Waals surface area contributed by atoms with Crippen molar-refractivity contribution in [3.05, 3.63) is 53.4 Å². The van der Waals surface area contributed by atoms with Crippen LogP contribution in [0, 0.1) is 5.92 Å². The molecule has 0 fully saturated rings. The van der Waals surface area contributed by atoms with E-state index in [0.29, 0.717) is 24.6 Å². The average molecular weight is 465 g/mol. The molecule has 2 rings (SSSR count). The van der Waals surface area contributed by atoms with Crippen molar-refractivity contribution in [3.63, 3.8) is 0 Å². The van der Waals surface area contributed by atoms with Crippen LogP contribution in [0.1, 0.15) is 32.8 Å². The van der Waals surface area contributed by atoms with Gasteiger partial charge in [0.2, 0.25) is 5.91 Å². The SMILES string of the molecule is CCOC(=O)/C=C/c1ccc(NC(=O)CN(CCC(C)C)S(=O)(=O)c2cccs2)cc1. The molecule has 7 nitrogen and oxygen atoms in total. The van der Waals surface area contributed by atoms with Gasteiger partial charge in [0.05, 0.1) is 13.2 Å². The predicted molar refractivity (Wildman–Crippen MR) is 123 cm³/mol. The summed E-state index contributed by atoms with van der Waals surface area (Å²) in [5.74, 6) is -0.536. The van der Waals surface area contributed by atoms with Crippen LogP contribution in [-0.4, -0.2) is 44.3 Å². The Balaban J connectivity index is 2.04. The van der Waals surface area contributed by atoms with E-state index in [0.717, 1.165) is 16.9 Å². The van der Waals surface area contributed by atoms with Gasteiger partial charge in [-0.3, -0.25) is 4.79 Å². The lowest BCUT2D eigenvalue weighted by atomic mass is 10.1. The Bertz CT molecular complexity index is 981. The second-order valence-electron chi connectivity index (χ2n) is 7.21. The van der Waals surface area contributed by atoms with Crippen molar-refractivity contribution in [1.82, 2.24) is 4.31 Å². The fraction of sp³-hybridized carbons (Fsp3) is 0.364. The van der Waals surface area contributed by atoms with Crippen LogP contribution in [0.2, 0.25) is 0 Å². The first-order valence-electron chi connectivity index (χ1n) is 10.0. The number of ether oxygens (including phenoxy) is 1. The van der Waals surface area contributed by atoms with Gasteiger partial charge in [-0.15, -0.1) is 11.3 Å². The first kappa shape index (κ1) is 24.8. The van der Waals surface area contributed by atoms with Gasteiger partial charge in [-0.25, -0.2) is 13.2 Å². The van der Waals surface area contributed by atoms with Gasteiger partial charge in [-0.05, 0) is 54.5 Å². The molecule has 0 aliphatic carbocycles. The Hall–Kier alpha value is -2.49. The quantitative estimate of drug-likeness (QED) is 0.401. The Labute approximate surface area is 187 Å². The highest BCUT2D eigenvalue weighted by Crippen LogP contribution is 2.22. The van der Waals surface area contributed by atoms with Crippen molar-refractivity contribution >= 4 is 45.0 Å². The number of sulfonamides is 1. The van der Waals surface area contributed by atoms with E-state index in [1.54, 1.807) is 54.8 Å². The second kappa shape index (κ2) is 11.8. The van der Waals surface area contributed by atoms with E-state index in [1.807, 2.05) is 13.8 Å². The molecule has 1 N–H and O–H groups in total. The summed E-state index contributed by atoms with van der Waals surface area (Å²) < 4.78 is 32.1. The highest BCUT2D eigenvalue weighted by molar-refractivity contribution is 7.91. The van der Waals surface area contributed by atoms with Crippen LogP contribution in [0.25, 0.3) is 6.08 Å². The third-order valence-corrected chi connectivity index (χ3v) is 7.48. The number of nitrogens with zero attached hydrogens (tertiary/aromatic N) is 1. The maximum atomic E-state index is 12.9. The summed E-state index contributed by atoms with van der Waals surface area (Å²) >= 11 is 1.13. The maximum absolute atomic E-state index is 12.9. The lowest BCUT2D eigenvalue weighted by Crippen LogP contribution is -2.38. The molecular weight excluding hydrogens is 436 g/mol. The highest BCUT2D eigenvalue weighted by Gasteiger charge is 2.27. The number of hydrogen-bond donors (Lipinski definition) is 1. The summed E-state index contributed by atoms with van der Waals surface area (Å²) in [4.78, 5) is 23.9. The standard InChI is InChI=1S/C22H28N2O5S2/c1-4-29-21(26)12-9-18-7-10-19(11-8-18)23-20(25)16-24(14-13-17(2)3)31(27,28)22-6-5-15-30-22/h5-12,15,17H,4,13-14,16H2,1-3H3,(H,23,25)/b12-9+. The van der Waals surface area contributed by atoms with Gasteiger partial charge >= 0.3 is 5.97 Å². The van der Waals surface area contributed by atoms with Crippen LogP contribution in [0.5, 0.6) is 0 Å². The first-order chi connectivity index (χ1) is 14.7. The number of rotatable bonds is 11. The molecule has 1 aromatic carbocycles. The molecule has 1 heterocycles. The van der Waals surface area contributed by atoms with E-state index >= 15 is 0 Å². The number of benzene rings is 1. The maximum Gasteiger partial charge on any atom is 0.330 e. The monoisotopic (exact) mass is 464 g/mol. The topological polar surface area (TPSA) is 92.8 Å². The molecule has 0 unspecified atom stereocenters. The Morgan fingerprint density at radius 3 is 2.48 bits per heavy atom. The normalized spacial score (nSPS) is 11.9. The molecule has 168 valence electrons. The second-order valence-corrected chi connectivity index (χ2v) is 10.3. The molecule has 0 spiro atoms. The molecule has 0 saturated heterocycles. The predicted octanol–water partition coefficient (Wildman–Crippen LogP) is 4.00. The van der Waals surface area contributed by atoms with Gasteiger partial charge in [-0.1, -0.05) is 32.0 Å². The zero-order valence-electron chi connectivity index (χ0n) is 17.9. The molecule has 0 saturated carbocycles. The Kier molecular flexibility index (Phi) is 9.42. The summed E-state index contributed by atoms with van der Waals surface area (Å²) in [5.41, 5.74) is 1.31. The molecule has 0 bridgehead atoms. The number of anilines is 1. The zero-order valence-corrected chi connectivity index (χ0v) is 19.5.